The van der Waals surface area contributed by atoms with Gasteiger partial charge >= 0.3 is 0 Å². The van der Waals surface area contributed by atoms with Crippen LogP contribution >= 0.6 is 12.4 Å². The molecule has 2 aliphatic rings. The van der Waals surface area contributed by atoms with Crippen molar-refractivity contribution in [3.05, 3.63) is 28.7 Å². The van der Waals surface area contributed by atoms with E-state index in [2.05, 4.69) is 5.32 Å². The Hall–Kier alpha value is -1.33. The van der Waals surface area contributed by atoms with Crippen molar-refractivity contribution in [2.24, 2.45) is 30.5 Å². The van der Waals surface area contributed by atoms with E-state index in [0.717, 1.165) is 19.3 Å². The average Bonchev–Trinajstić information content (AvgIpc) is 2.95. The van der Waals surface area contributed by atoms with E-state index in [1.54, 1.807) is 25.4 Å². The third-order valence-corrected chi connectivity index (χ3v) is 4.66. The fourth-order valence-electron chi connectivity index (χ4n) is 3.63. The molecule has 1 heterocycles. The van der Waals surface area contributed by atoms with E-state index in [1.807, 2.05) is 0 Å². The Labute approximate surface area is 123 Å². The van der Waals surface area contributed by atoms with Gasteiger partial charge in [-0.15, -0.1) is 12.4 Å². The first-order valence-corrected chi connectivity index (χ1v) is 6.80. The molecule has 2 aliphatic carbocycles. The van der Waals surface area contributed by atoms with E-state index in [9.17, 15) is 9.59 Å². The number of rotatable bonds is 2. The number of aromatic nitrogens is 1. The maximum Gasteiger partial charge on any atom is 0.274 e. The fraction of sp³-hybridized carbons (Fsp3) is 0.571. The van der Waals surface area contributed by atoms with Gasteiger partial charge in [0.15, 0.2) is 0 Å². The summed E-state index contributed by atoms with van der Waals surface area (Å²) in [4.78, 5) is 24.2. The lowest BCUT2D eigenvalue weighted by molar-refractivity contribution is -0.121. The van der Waals surface area contributed by atoms with Gasteiger partial charge in [0.1, 0.15) is 5.69 Å². The maximum absolute atomic E-state index is 12.3. The molecule has 0 saturated heterocycles. The molecular weight excluding hydrogens is 278 g/mol. The standard InChI is InChI=1S/C14H19N3O2.ClH/c1-17-6-2-3-10(14(17)19)16-13(18)11-8-4-5-9(7-8)12(11)15;/h2-3,6,8-9,11-12H,4-5,7,15H2,1H3,(H,16,18);1H. The molecule has 0 radical (unpaired) electrons. The van der Waals surface area contributed by atoms with Gasteiger partial charge in [0, 0.05) is 19.3 Å². The van der Waals surface area contributed by atoms with Crippen LogP contribution in [0, 0.1) is 17.8 Å². The largest absolute Gasteiger partial charge is 0.327 e. The summed E-state index contributed by atoms with van der Waals surface area (Å²) in [6.07, 6.45) is 4.96. The zero-order chi connectivity index (χ0) is 13.6. The molecule has 0 spiro atoms. The number of nitrogens with one attached hydrogen (secondary N) is 1. The first-order chi connectivity index (χ1) is 9.08. The van der Waals surface area contributed by atoms with Gasteiger partial charge < -0.3 is 15.6 Å². The van der Waals surface area contributed by atoms with Crippen molar-refractivity contribution in [1.29, 1.82) is 0 Å². The molecule has 20 heavy (non-hydrogen) atoms. The molecule has 3 rings (SSSR count). The Kier molecular flexibility index (Phi) is 4.20. The Morgan fingerprint density at radius 1 is 1.40 bits per heavy atom. The summed E-state index contributed by atoms with van der Waals surface area (Å²) in [6, 6.07) is 3.34. The lowest BCUT2D eigenvalue weighted by Gasteiger charge is -2.26. The number of hydrogen-bond donors (Lipinski definition) is 2. The smallest absolute Gasteiger partial charge is 0.274 e. The highest BCUT2D eigenvalue weighted by Gasteiger charge is 2.49. The van der Waals surface area contributed by atoms with Gasteiger partial charge in [0.05, 0.1) is 5.92 Å². The highest BCUT2D eigenvalue weighted by atomic mass is 35.5. The van der Waals surface area contributed by atoms with Crippen LogP contribution < -0.4 is 16.6 Å². The van der Waals surface area contributed by atoms with E-state index in [4.69, 9.17) is 5.73 Å². The molecule has 5 nitrogen and oxygen atoms in total. The molecule has 0 aromatic carbocycles. The van der Waals surface area contributed by atoms with Crippen LogP contribution in [0.3, 0.4) is 0 Å². The van der Waals surface area contributed by atoms with Crippen LogP contribution in [0.2, 0.25) is 0 Å². The summed E-state index contributed by atoms with van der Waals surface area (Å²) in [5.41, 5.74) is 6.29. The Morgan fingerprint density at radius 2 is 2.10 bits per heavy atom. The van der Waals surface area contributed by atoms with Gasteiger partial charge in [-0.25, -0.2) is 0 Å². The zero-order valence-corrected chi connectivity index (χ0v) is 12.2. The molecule has 0 aliphatic heterocycles. The SMILES string of the molecule is Cl.Cn1cccc(NC(=O)C2C3CCC(C3)C2N)c1=O. The molecule has 4 atom stereocenters. The van der Waals surface area contributed by atoms with Crippen LogP contribution in [-0.4, -0.2) is 16.5 Å². The minimum atomic E-state index is -0.187. The maximum atomic E-state index is 12.3. The number of hydrogen-bond acceptors (Lipinski definition) is 3. The third kappa shape index (κ3) is 2.36. The first-order valence-electron chi connectivity index (χ1n) is 6.80. The number of amides is 1. The molecule has 1 aromatic heterocycles. The van der Waals surface area contributed by atoms with Gasteiger partial charge in [-0.1, -0.05) is 0 Å². The minimum absolute atomic E-state index is 0. The molecule has 1 aromatic rings. The molecule has 2 saturated carbocycles. The molecule has 4 unspecified atom stereocenters. The van der Waals surface area contributed by atoms with Gasteiger partial charge in [-0.2, -0.15) is 0 Å². The normalized spacial score (nSPS) is 30.9. The predicted molar refractivity (Wildman–Crippen MR) is 79.9 cm³/mol. The monoisotopic (exact) mass is 297 g/mol. The van der Waals surface area contributed by atoms with E-state index in [-0.39, 0.29) is 35.8 Å². The molecule has 6 heteroatoms. The third-order valence-electron chi connectivity index (χ3n) is 4.66. The Balaban J connectivity index is 0.00000147. The van der Waals surface area contributed by atoms with Crippen molar-refractivity contribution < 1.29 is 4.79 Å². The van der Waals surface area contributed by atoms with Gasteiger partial charge in [0.25, 0.3) is 5.56 Å². The quantitative estimate of drug-likeness (QED) is 0.859. The van der Waals surface area contributed by atoms with Gasteiger partial charge in [-0.3, -0.25) is 9.59 Å². The number of carbonyl (C=O) groups excluding carboxylic acids is 1. The molecule has 2 bridgehead atoms. The van der Waals surface area contributed by atoms with Crippen LogP contribution in [0.5, 0.6) is 0 Å². The number of fused-ring (bicyclic) bond motifs is 2. The van der Waals surface area contributed by atoms with Crippen LogP contribution in [-0.2, 0) is 11.8 Å². The van der Waals surface area contributed by atoms with Crippen LogP contribution in [0.1, 0.15) is 19.3 Å². The van der Waals surface area contributed by atoms with E-state index >= 15 is 0 Å². The summed E-state index contributed by atoms with van der Waals surface area (Å²) < 4.78 is 1.45. The number of anilines is 1. The summed E-state index contributed by atoms with van der Waals surface area (Å²) in [7, 11) is 1.67. The lowest BCUT2D eigenvalue weighted by atomic mass is 9.84. The van der Waals surface area contributed by atoms with Gasteiger partial charge in [0.2, 0.25) is 5.91 Å². The molecule has 3 N–H and O–H groups in total. The highest BCUT2D eigenvalue weighted by molar-refractivity contribution is 5.93. The number of nitrogens with zero attached hydrogens (tertiary/aromatic N) is 1. The van der Waals surface area contributed by atoms with Crippen molar-refractivity contribution in [3.8, 4) is 0 Å². The second-order valence-electron chi connectivity index (χ2n) is 5.76. The number of halogens is 1. The van der Waals surface area contributed by atoms with Crippen molar-refractivity contribution in [2.45, 2.75) is 25.3 Å². The van der Waals surface area contributed by atoms with E-state index in [0.29, 0.717) is 17.5 Å². The predicted octanol–water partition coefficient (Wildman–Crippen LogP) is 1.12. The molecule has 2 fully saturated rings. The summed E-state index contributed by atoms with van der Waals surface area (Å²) >= 11 is 0. The highest BCUT2D eigenvalue weighted by Crippen LogP contribution is 2.47. The fourth-order valence-corrected chi connectivity index (χ4v) is 3.63. The van der Waals surface area contributed by atoms with Crippen molar-refractivity contribution in [2.75, 3.05) is 5.32 Å². The van der Waals surface area contributed by atoms with Crippen molar-refractivity contribution in [1.82, 2.24) is 4.57 Å². The van der Waals surface area contributed by atoms with Crippen LogP contribution in [0.25, 0.3) is 0 Å². The zero-order valence-electron chi connectivity index (χ0n) is 11.4. The van der Waals surface area contributed by atoms with Crippen LogP contribution in [0.15, 0.2) is 23.1 Å². The Bertz CT molecular complexity index is 570. The number of pyridine rings is 1. The van der Waals surface area contributed by atoms with E-state index < -0.39 is 0 Å². The topological polar surface area (TPSA) is 77.1 Å². The number of carbonyl (C=O) groups is 1. The summed E-state index contributed by atoms with van der Waals surface area (Å²) in [6.45, 7) is 0. The summed E-state index contributed by atoms with van der Waals surface area (Å²) in [5.74, 6) is 0.651. The van der Waals surface area contributed by atoms with Crippen LogP contribution in [0.4, 0.5) is 5.69 Å². The van der Waals surface area contributed by atoms with Gasteiger partial charge in [-0.05, 0) is 43.2 Å². The molecule has 110 valence electrons. The minimum Gasteiger partial charge on any atom is -0.327 e. The lowest BCUT2D eigenvalue weighted by Crippen LogP contribution is -2.43. The van der Waals surface area contributed by atoms with E-state index in [1.165, 1.54) is 4.57 Å². The second kappa shape index (κ2) is 5.58. The number of nitrogens with two attached hydrogens (primary N) is 1. The second-order valence-corrected chi connectivity index (χ2v) is 5.76. The molecular formula is C14H20ClN3O2. The van der Waals surface area contributed by atoms with Crippen molar-refractivity contribution in [3.63, 3.8) is 0 Å². The van der Waals surface area contributed by atoms with Crippen molar-refractivity contribution >= 4 is 24.0 Å². The molecule has 1 amide bonds. The summed E-state index contributed by atoms with van der Waals surface area (Å²) in [5, 5.41) is 2.76. The number of aryl methyl sites for hydroxylation is 1. The Morgan fingerprint density at radius 3 is 2.75 bits per heavy atom. The first kappa shape index (κ1) is 15.1. The average molecular weight is 298 g/mol.